The summed E-state index contributed by atoms with van der Waals surface area (Å²) in [5, 5.41) is 3.50. The number of carbonyl (C=O) groups excluding carboxylic acids is 1. The summed E-state index contributed by atoms with van der Waals surface area (Å²) in [5.74, 6) is -0.366. The van der Waals surface area contributed by atoms with Crippen LogP contribution in [0.25, 0.3) is 0 Å². The minimum absolute atomic E-state index is 0.311. The van der Waals surface area contributed by atoms with Crippen molar-refractivity contribution in [1.82, 2.24) is 14.3 Å². The van der Waals surface area contributed by atoms with Gasteiger partial charge in [0.05, 0.1) is 42.9 Å². The van der Waals surface area contributed by atoms with Crippen molar-refractivity contribution in [2.75, 3.05) is 13.7 Å². The van der Waals surface area contributed by atoms with E-state index in [2.05, 4.69) is 10.1 Å². The summed E-state index contributed by atoms with van der Waals surface area (Å²) in [6.45, 7) is 8.20. The summed E-state index contributed by atoms with van der Waals surface area (Å²) in [6, 6.07) is 12.6. The van der Waals surface area contributed by atoms with Gasteiger partial charge in [-0.1, -0.05) is 41.4 Å². The number of esters is 1. The molecule has 0 unspecified atom stereocenters. The van der Waals surface area contributed by atoms with Crippen molar-refractivity contribution >= 4 is 23.3 Å². The van der Waals surface area contributed by atoms with E-state index < -0.39 is 17.9 Å². The molecule has 1 aromatic heterocycles. The van der Waals surface area contributed by atoms with Crippen molar-refractivity contribution in [2.45, 2.75) is 40.3 Å². The monoisotopic (exact) mass is 472 g/mol. The van der Waals surface area contributed by atoms with Gasteiger partial charge in [-0.3, -0.25) is 14.5 Å². The molecule has 0 aliphatic carbocycles. The summed E-state index contributed by atoms with van der Waals surface area (Å²) in [7, 11) is 1.33. The van der Waals surface area contributed by atoms with E-state index in [9.17, 15) is 9.59 Å². The Labute approximate surface area is 197 Å². The number of hydrogen-bond acceptors (Lipinski definition) is 5. The van der Waals surface area contributed by atoms with E-state index in [0.29, 0.717) is 35.2 Å². The van der Waals surface area contributed by atoms with Gasteiger partial charge in [-0.2, -0.15) is 0 Å². The molecule has 0 fully saturated rings. The molecule has 2 aromatic carbocycles. The zero-order valence-corrected chi connectivity index (χ0v) is 20.2. The normalized spacial score (nSPS) is 13.6. The highest BCUT2D eigenvalue weighted by Crippen LogP contribution is 2.28. The molecule has 0 spiro atoms. The maximum absolute atomic E-state index is 13.4. The minimum Gasteiger partial charge on any atom is -0.492 e. The first kappa shape index (κ1) is 24.4. The molecule has 0 radical (unpaired) electrons. The Balaban J connectivity index is 2.11. The lowest BCUT2D eigenvalue weighted by Crippen LogP contribution is -2.33. The fraction of sp³-hybridized carbons (Fsp3) is 0.375. The second-order valence-corrected chi connectivity index (χ2v) is 8.28. The maximum atomic E-state index is 13.4. The van der Waals surface area contributed by atoms with Crippen molar-refractivity contribution in [3.8, 4) is 5.75 Å². The first-order valence-electron chi connectivity index (χ1n) is 10.8. The number of aromatic nitrogens is 3. The molecule has 0 aliphatic heterocycles. The predicted octanol–water partition coefficient (Wildman–Crippen LogP) is 3.99. The number of rotatable bonds is 8. The number of H-pyrrole nitrogens is 1. The Bertz CT molecular complexity index is 1240. The maximum Gasteiger partial charge on any atom is 0.346 e. The highest BCUT2D eigenvalue weighted by molar-refractivity contribution is 6.32. The molecule has 0 saturated heterocycles. The van der Waals surface area contributed by atoms with Crippen molar-refractivity contribution in [1.29, 1.82) is 0 Å². The van der Waals surface area contributed by atoms with E-state index in [1.54, 1.807) is 32.0 Å². The topological polar surface area (TPSA) is 90.6 Å². The van der Waals surface area contributed by atoms with Crippen LogP contribution in [0, 0.1) is 12.8 Å². The van der Waals surface area contributed by atoms with Gasteiger partial charge in [0.2, 0.25) is 5.62 Å². The van der Waals surface area contributed by atoms with Gasteiger partial charge >= 0.3 is 11.7 Å². The Morgan fingerprint density at radius 3 is 2.48 bits per heavy atom. The number of methoxy groups -OCH3 is 1. The van der Waals surface area contributed by atoms with E-state index in [4.69, 9.17) is 21.1 Å². The highest BCUT2D eigenvalue weighted by atomic mass is 35.5. The van der Waals surface area contributed by atoms with Crippen LogP contribution in [0.15, 0.2) is 52.3 Å². The molecule has 3 aromatic rings. The number of benzene rings is 2. The second-order valence-electron chi connectivity index (χ2n) is 7.87. The third-order valence-corrected chi connectivity index (χ3v) is 5.82. The third-order valence-electron chi connectivity index (χ3n) is 5.53. The van der Waals surface area contributed by atoms with E-state index in [0.717, 1.165) is 11.1 Å². The van der Waals surface area contributed by atoms with Crippen LogP contribution < -0.4 is 16.0 Å². The van der Waals surface area contributed by atoms with Gasteiger partial charge in [0.25, 0.3) is 0 Å². The van der Waals surface area contributed by atoms with Crippen LogP contribution in [0.4, 0.5) is 5.69 Å². The number of carbonyl (C=O) groups is 1. The lowest BCUT2D eigenvalue weighted by atomic mass is 10.0. The molecule has 3 rings (SSSR count). The molecule has 2 atom stereocenters. The lowest BCUT2D eigenvalue weighted by Gasteiger charge is -2.17. The van der Waals surface area contributed by atoms with Crippen molar-refractivity contribution in [2.24, 2.45) is 10.9 Å². The van der Waals surface area contributed by atoms with Crippen LogP contribution in [-0.2, 0) is 16.1 Å². The minimum atomic E-state index is -0.535. The Hall–Kier alpha value is -3.26. The molecule has 0 saturated carbocycles. The number of ether oxygens (including phenoxy) is 2. The zero-order chi connectivity index (χ0) is 24.1. The lowest BCUT2D eigenvalue weighted by molar-refractivity contribution is -0.146. The van der Waals surface area contributed by atoms with Crippen molar-refractivity contribution < 1.29 is 14.3 Å². The Kier molecular flexibility index (Phi) is 7.81. The standard InChI is InChI=1S/C24H29ClN4O4/c1-6-33-21-12-11-19(13-20(21)25)26-23-27-29(17(4)16(3)22(30)32-5)24(31)28(23)14-18-9-7-15(2)8-10-18/h7-13,16-17H,6,14H2,1-5H3,(H,26,27)/t16-,17+/m1/s1. The molecular weight excluding hydrogens is 444 g/mol. The third kappa shape index (κ3) is 5.57. The van der Waals surface area contributed by atoms with E-state index in [-0.39, 0.29) is 5.69 Å². The van der Waals surface area contributed by atoms with Crippen molar-refractivity contribution in [3.05, 3.63) is 74.7 Å². The molecular formula is C24H29ClN4O4. The average molecular weight is 473 g/mol. The number of aromatic amines is 1. The number of hydrogen-bond donors (Lipinski definition) is 1. The fourth-order valence-electron chi connectivity index (χ4n) is 3.38. The Morgan fingerprint density at radius 2 is 1.88 bits per heavy atom. The molecule has 0 aliphatic rings. The number of nitrogens with zero attached hydrogens (tertiary/aromatic N) is 3. The first-order chi connectivity index (χ1) is 15.7. The Morgan fingerprint density at radius 1 is 1.18 bits per heavy atom. The molecule has 8 nitrogen and oxygen atoms in total. The predicted molar refractivity (Wildman–Crippen MR) is 127 cm³/mol. The highest BCUT2D eigenvalue weighted by Gasteiger charge is 2.25. The molecule has 176 valence electrons. The summed E-state index contributed by atoms with van der Waals surface area (Å²) < 4.78 is 13.3. The summed E-state index contributed by atoms with van der Waals surface area (Å²) in [5.41, 5.74) is 2.66. The van der Waals surface area contributed by atoms with Gasteiger partial charge in [-0.05, 0) is 51.5 Å². The van der Waals surface area contributed by atoms with Gasteiger partial charge in [-0.25, -0.2) is 14.5 Å². The summed E-state index contributed by atoms with van der Waals surface area (Å²) in [4.78, 5) is 30.0. The smallest absolute Gasteiger partial charge is 0.346 e. The average Bonchev–Trinajstić information content (AvgIpc) is 3.10. The van der Waals surface area contributed by atoms with Gasteiger partial charge < -0.3 is 9.47 Å². The number of halogens is 1. The second kappa shape index (κ2) is 10.6. The first-order valence-corrected chi connectivity index (χ1v) is 11.1. The van der Waals surface area contributed by atoms with Gasteiger partial charge in [0.1, 0.15) is 5.75 Å². The van der Waals surface area contributed by atoms with Crippen LogP contribution in [0.5, 0.6) is 5.75 Å². The SMILES string of the molecule is CCOc1ccc(/N=c2\[nH]n([C@@H](C)[C@@H](C)C(=O)OC)c(=O)n2Cc2ccc(C)cc2)cc1Cl. The van der Waals surface area contributed by atoms with Crippen LogP contribution in [0.2, 0.25) is 5.02 Å². The van der Waals surface area contributed by atoms with Crippen molar-refractivity contribution in [3.63, 3.8) is 0 Å². The van der Waals surface area contributed by atoms with E-state index in [1.165, 1.54) is 16.4 Å². The molecule has 0 amide bonds. The molecule has 0 bridgehead atoms. The molecule has 1 N–H and O–H groups in total. The van der Waals surface area contributed by atoms with E-state index in [1.807, 2.05) is 38.1 Å². The summed E-state index contributed by atoms with van der Waals surface area (Å²) >= 11 is 6.32. The fourth-order valence-corrected chi connectivity index (χ4v) is 3.61. The van der Waals surface area contributed by atoms with E-state index >= 15 is 0 Å². The van der Waals surface area contributed by atoms with Crippen LogP contribution in [0.3, 0.4) is 0 Å². The number of aryl methyl sites for hydroxylation is 1. The largest absolute Gasteiger partial charge is 0.492 e. The van der Waals surface area contributed by atoms with Crippen LogP contribution in [0.1, 0.15) is 37.9 Å². The molecule has 1 heterocycles. The summed E-state index contributed by atoms with van der Waals surface area (Å²) in [6.07, 6.45) is 0. The zero-order valence-electron chi connectivity index (χ0n) is 19.5. The molecule has 9 heteroatoms. The van der Waals surface area contributed by atoms with Gasteiger partial charge in [0.15, 0.2) is 0 Å². The van der Waals surface area contributed by atoms with Gasteiger partial charge in [-0.15, -0.1) is 0 Å². The molecule has 33 heavy (non-hydrogen) atoms. The van der Waals surface area contributed by atoms with Crippen LogP contribution in [-0.4, -0.2) is 34.0 Å². The van der Waals surface area contributed by atoms with Crippen LogP contribution >= 0.6 is 11.6 Å². The number of nitrogens with one attached hydrogen (secondary N) is 1. The quantitative estimate of drug-likeness (QED) is 0.502. The van der Waals surface area contributed by atoms with Gasteiger partial charge in [0, 0.05) is 0 Å².